The van der Waals surface area contributed by atoms with Gasteiger partial charge in [-0.3, -0.25) is 0 Å². The van der Waals surface area contributed by atoms with Gasteiger partial charge < -0.3 is 8.74 Å². The molecule has 0 bridgehead atoms. The summed E-state index contributed by atoms with van der Waals surface area (Å²) in [7, 11) is 0. The highest BCUT2D eigenvalue weighted by molar-refractivity contribution is 7.74. The fourth-order valence-electron chi connectivity index (χ4n) is 0.966. The normalized spacial score (nSPS) is 12.6. The van der Waals surface area contributed by atoms with Crippen molar-refractivity contribution >= 4 is 11.4 Å². The van der Waals surface area contributed by atoms with Crippen LogP contribution in [0.15, 0.2) is 18.2 Å². The summed E-state index contributed by atoms with van der Waals surface area (Å²) in [6.07, 6.45) is 0. The summed E-state index contributed by atoms with van der Waals surface area (Å²) in [5, 5.41) is 0. The molecule has 0 spiro atoms. The molecule has 1 atom stereocenters. The molecule has 66 valence electrons. The van der Waals surface area contributed by atoms with Gasteiger partial charge in [0.25, 0.3) is 0 Å². The molecule has 0 N–H and O–H groups in total. The van der Waals surface area contributed by atoms with Gasteiger partial charge >= 0.3 is 0 Å². The van der Waals surface area contributed by atoms with Crippen LogP contribution < -0.4 is 4.18 Å². The first-order valence-electron chi connectivity index (χ1n) is 3.44. The molecular weight excluding hydrogens is 176 g/mol. The molecule has 0 fully saturated rings. The first-order valence-corrected chi connectivity index (χ1v) is 4.44. The monoisotopic (exact) mass is 185 g/mol. The van der Waals surface area contributed by atoms with E-state index < -0.39 is 11.4 Å². The highest BCUT2D eigenvalue weighted by Crippen LogP contribution is 2.18. The van der Waals surface area contributed by atoms with Crippen molar-refractivity contribution in [1.82, 2.24) is 0 Å². The zero-order valence-corrected chi connectivity index (χ0v) is 7.68. The third-order valence-electron chi connectivity index (χ3n) is 1.49. The lowest BCUT2D eigenvalue weighted by atomic mass is 10.1. The van der Waals surface area contributed by atoms with E-state index in [0.717, 1.165) is 11.1 Å². The molecule has 0 heterocycles. The molecule has 1 aromatic rings. The molecule has 0 radical (unpaired) electrons. The third-order valence-corrected chi connectivity index (χ3v) is 1.80. The van der Waals surface area contributed by atoms with E-state index in [1.807, 2.05) is 13.0 Å². The third kappa shape index (κ3) is 2.32. The zero-order chi connectivity index (χ0) is 9.14. The van der Waals surface area contributed by atoms with Gasteiger partial charge in [-0.2, -0.15) is 0 Å². The van der Waals surface area contributed by atoms with Crippen molar-refractivity contribution in [3.05, 3.63) is 29.3 Å². The van der Waals surface area contributed by atoms with Gasteiger partial charge in [-0.1, -0.05) is 17.7 Å². The molecule has 0 aliphatic carbocycles. The van der Waals surface area contributed by atoms with Crippen LogP contribution in [-0.4, -0.2) is 8.76 Å². The molecular formula is C8H9O3S-. The van der Waals surface area contributed by atoms with Crippen LogP contribution in [0.3, 0.4) is 0 Å². The molecule has 0 saturated heterocycles. The summed E-state index contributed by atoms with van der Waals surface area (Å²) in [6.45, 7) is 3.74. The number of hydrogen-bond acceptors (Lipinski definition) is 3. The molecule has 0 amide bonds. The second-order valence-corrected chi connectivity index (χ2v) is 3.13. The van der Waals surface area contributed by atoms with Gasteiger partial charge in [-0.05, 0) is 25.5 Å². The summed E-state index contributed by atoms with van der Waals surface area (Å²) < 4.78 is 24.9. The lowest BCUT2D eigenvalue weighted by molar-refractivity contribution is 0.439. The maximum Gasteiger partial charge on any atom is 0.142 e. The zero-order valence-electron chi connectivity index (χ0n) is 6.87. The van der Waals surface area contributed by atoms with E-state index in [2.05, 4.69) is 4.18 Å². The van der Waals surface area contributed by atoms with Crippen LogP contribution >= 0.6 is 0 Å². The molecule has 1 unspecified atom stereocenters. The van der Waals surface area contributed by atoms with Crippen molar-refractivity contribution in [3.63, 3.8) is 0 Å². The largest absolute Gasteiger partial charge is 0.740 e. The minimum atomic E-state index is -2.48. The molecule has 1 aromatic carbocycles. The Kier molecular flexibility index (Phi) is 2.83. The van der Waals surface area contributed by atoms with E-state index in [4.69, 9.17) is 0 Å². The lowest BCUT2D eigenvalue weighted by Gasteiger charge is -2.09. The van der Waals surface area contributed by atoms with Crippen molar-refractivity contribution in [2.24, 2.45) is 0 Å². The smallest absolute Gasteiger partial charge is 0.142 e. The van der Waals surface area contributed by atoms with Crippen LogP contribution in [0.5, 0.6) is 5.75 Å². The number of benzene rings is 1. The fourth-order valence-corrected chi connectivity index (χ4v) is 1.30. The molecule has 12 heavy (non-hydrogen) atoms. The van der Waals surface area contributed by atoms with Gasteiger partial charge in [0.2, 0.25) is 0 Å². The Morgan fingerprint density at radius 3 is 2.58 bits per heavy atom. The number of hydrogen-bond donors (Lipinski definition) is 0. The minimum absolute atomic E-state index is 0.383. The maximum atomic E-state index is 10.2. The molecule has 0 aliphatic rings. The SMILES string of the molecule is Cc1ccc(OS(=O)[O-])c(C)c1. The average molecular weight is 185 g/mol. The first-order chi connectivity index (χ1) is 5.59. The van der Waals surface area contributed by atoms with E-state index in [1.54, 1.807) is 19.1 Å². The van der Waals surface area contributed by atoms with Crippen molar-refractivity contribution in [2.45, 2.75) is 13.8 Å². The van der Waals surface area contributed by atoms with Crippen LogP contribution in [-0.2, 0) is 11.4 Å². The second kappa shape index (κ2) is 3.69. The Bertz CT molecular complexity index is 309. The van der Waals surface area contributed by atoms with Crippen LogP contribution in [0.2, 0.25) is 0 Å². The van der Waals surface area contributed by atoms with Gasteiger partial charge in [-0.15, -0.1) is 0 Å². The predicted molar refractivity (Wildman–Crippen MR) is 45.5 cm³/mol. The van der Waals surface area contributed by atoms with Crippen molar-refractivity contribution in [2.75, 3.05) is 0 Å². The van der Waals surface area contributed by atoms with Gasteiger partial charge in [0.1, 0.15) is 17.1 Å². The molecule has 0 aromatic heterocycles. The van der Waals surface area contributed by atoms with E-state index in [-0.39, 0.29) is 0 Å². The Hall–Kier alpha value is -0.870. The lowest BCUT2D eigenvalue weighted by Crippen LogP contribution is -1.99. The van der Waals surface area contributed by atoms with Gasteiger partial charge in [0.15, 0.2) is 0 Å². The highest BCUT2D eigenvalue weighted by Gasteiger charge is 1.98. The van der Waals surface area contributed by atoms with Crippen LogP contribution in [0.1, 0.15) is 11.1 Å². The molecule has 0 aliphatic heterocycles. The van der Waals surface area contributed by atoms with Crippen LogP contribution in [0, 0.1) is 13.8 Å². The summed E-state index contributed by atoms with van der Waals surface area (Å²) in [5.74, 6) is 0.383. The van der Waals surface area contributed by atoms with E-state index >= 15 is 0 Å². The van der Waals surface area contributed by atoms with Crippen LogP contribution in [0.25, 0.3) is 0 Å². The number of aryl methyl sites for hydroxylation is 2. The molecule has 4 heteroatoms. The van der Waals surface area contributed by atoms with E-state index in [0.29, 0.717) is 5.75 Å². The first kappa shape index (κ1) is 9.22. The summed E-state index contributed by atoms with van der Waals surface area (Å²) in [4.78, 5) is 0. The summed E-state index contributed by atoms with van der Waals surface area (Å²) in [5.41, 5.74) is 1.90. The topological polar surface area (TPSA) is 49.4 Å². The molecule has 1 rings (SSSR count). The number of rotatable bonds is 2. The maximum absolute atomic E-state index is 10.2. The van der Waals surface area contributed by atoms with Crippen molar-refractivity contribution in [1.29, 1.82) is 0 Å². The highest BCUT2D eigenvalue weighted by atomic mass is 32.2. The Labute approximate surface area is 73.9 Å². The summed E-state index contributed by atoms with van der Waals surface area (Å²) in [6, 6.07) is 5.30. The fraction of sp³-hybridized carbons (Fsp3) is 0.250. The van der Waals surface area contributed by atoms with Crippen LogP contribution in [0.4, 0.5) is 0 Å². The van der Waals surface area contributed by atoms with Gasteiger partial charge in [0.05, 0.1) is 0 Å². The molecule has 3 nitrogen and oxygen atoms in total. The minimum Gasteiger partial charge on any atom is -0.740 e. The average Bonchev–Trinajstić information content (AvgIpc) is 1.94. The second-order valence-electron chi connectivity index (χ2n) is 2.56. The van der Waals surface area contributed by atoms with Gasteiger partial charge in [0, 0.05) is 0 Å². The van der Waals surface area contributed by atoms with E-state index in [9.17, 15) is 8.76 Å². The van der Waals surface area contributed by atoms with E-state index in [1.165, 1.54) is 0 Å². The quantitative estimate of drug-likeness (QED) is 0.655. The Morgan fingerprint density at radius 2 is 2.08 bits per heavy atom. The standard InChI is InChI=1S/C8H10O3S/c1-6-3-4-8(7(2)5-6)11-12(9)10/h3-5H,1-2H3,(H,9,10)/p-1. The van der Waals surface area contributed by atoms with Gasteiger partial charge in [-0.25, -0.2) is 4.21 Å². The Morgan fingerprint density at radius 1 is 1.42 bits per heavy atom. The molecule has 0 saturated carbocycles. The summed E-state index contributed by atoms with van der Waals surface area (Å²) >= 11 is -2.48. The van der Waals surface area contributed by atoms with Crippen molar-refractivity contribution in [3.8, 4) is 5.75 Å². The Balaban J connectivity index is 2.93. The van der Waals surface area contributed by atoms with Crippen molar-refractivity contribution < 1.29 is 12.9 Å². The predicted octanol–water partition coefficient (Wildman–Crippen LogP) is 1.48.